The second-order valence-electron chi connectivity index (χ2n) is 6.64. The van der Waals surface area contributed by atoms with Crippen LogP contribution in [0.25, 0.3) is 0 Å². The van der Waals surface area contributed by atoms with E-state index in [9.17, 15) is 21.6 Å². The molecule has 1 saturated heterocycles. The second kappa shape index (κ2) is 8.00. The molecule has 3 rings (SSSR count). The molecular formula is C19H20F3NO3S. The molecule has 1 fully saturated rings. The number of halogens is 3. The van der Waals surface area contributed by atoms with Gasteiger partial charge < -0.3 is 5.32 Å². The van der Waals surface area contributed by atoms with Crippen molar-refractivity contribution in [3.8, 4) is 0 Å². The van der Waals surface area contributed by atoms with Crippen molar-refractivity contribution in [3.05, 3.63) is 71.0 Å². The Labute approximate surface area is 156 Å². The maximum atomic E-state index is 14.6. The Morgan fingerprint density at radius 2 is 1.89 bits per heavy atom. The van der Waals surface area contributed by atoms with Crippen LogP contribution in [0.2, 0.25) is 0 Å². The van der Waals surface area contributed by atoms with E-state index >= 15 is 0 Å². The molecule has 27 heavy (non-hydrogen) atoms. The number of hydrogen-bond donors (Lipinski definition) is 1. The van der Waals surface area contributed by atoms with Crippen LogP contribution in [0.3, 0.4) is 0 Å². The Morgan fingerprint density at radius 3 is 2.52 bits per heavy atom. The molecule has 1 heterocycles. The first-order valence-electron chi connectivity index (χ1n) is 8.57. The zero-order valence-electron chi connectivity index (χ0n) is 14.7. The van der Waals surface area contributed by atoms with Crippen molar-refractivity contribution in [1.82, 2.24) is 5.32 Å². The maximum absolute atomic E-state index is 14.6. The van der Waals surface area contributed by atoms with Gasteiger partial charge in [0.05, 0.1) is 6.26 Å². The lowest BCUT2D eigenvalue weighted by Crippen LogP contribution is -2.42. The molecular weight excluding hydrogens is 379 g/mol. The first-order valence-corrected chi connectivity index (χ1v) is 10.4. The summed E-state index contributed by atoms with van der Waals surface area (Å²) in [6, 6.07) is 8.66. The highest BCUT2D eigenvalue weighted by molar-refractivity contribution is 7.86. The maximum Gasteiger partial charge on any atom is 0.264 e. The van der Waals surface area contributed by atoms with Crippen molar-refractivity contribution in [1.29, 1.82) is 0 Å². The molecule has 0 spiro atoms. The van der Waals surface area contributed by atoms with Gasteiger partial charge in [-0.2, -0.15) is 8.42 Å². The van der Waals surface area contributed by atoms with E-state index in [1.165, 1.54) is 30.3 Å². The standard InChI is InChI=1S/C19H20F3NO3S/c1-27(24,25)26-19(16-9-4-10-23-16)17(12-5-2-6-13(20)11-12)14-7-3-8-15(21)18(14)22/h2-3,5-8,11,16-17,19,23H,4,9-10H2,1H3/t16-,17?,19?/m1/s1. The summed E-state index contributed by atoms with van der Waals surface area (Å²) < 4.78 is 71.5. The first kappa shape index (κ1) is 19.9. The fourth-order valence-corrected chi connectivity index (χ4v) is 4.20. The minimum Gasteiger partial charge on any atom is -0.311 e. The monoisotopic (exact) mass is 399 g/mol. The van der Waals surface area contributed by atoms with Crippen LogP contribution < -0.4 is 5.32 Å². The molecule has 0 aromatic heterocycles. The molecule has 146 valence electrons. The van der Waals surface area contributed by atoms with Crippen LogP contribution in [0.5, 0.6) is 0 Å². The lowest BCUT2D eigenvalue weighted by atomic mass is 9.82. The van der Waals surface area contributed by atoms with Crippen molar-refractivity contribution >= 4 is 10.1 Å². The number of rotatable bonds is 6. The van der Waals surface area contributed by atoms with Gasteiger partial charge >= 0.3 is 0 Å². The lowest BCUT2D eigenvalue weighted by Gasteiger charge is -2.32. The summed E-state index contributed by atoms with van der Waals surface area (Å²) in [4.78, 5) is 0. The SMILES string of the molecule is CS(=O)(=O)OC(C(c1cccc(F)c1)c1cccc(F)c1F)[C@H]1CCCN1. The molecule has 1 N–H and O–H groups in total. The van der Waals surface area contributed by atoms with Crippen LogP contribution in [-0.2, 0) is 14.3 Å². The minimum absolute atomic E-state index is 0.0806. The molecule has 2 aromatic rings. The van der Waals surface area contributed by atoms with E-state index in [4.69, 9.17) is 4.18 Å². The van der Waals surface area contributed by atoms with Gasteiger partial charge in [-0.25, -0.2) is 13.2 Å². The molecule has 2 aromatic carbocycles. The van der Waals surface area contributed by atoms with E-state index in [1.807, 2.05) is 0 Å². The van der Waals surface area contributed by atoms with Crippen LogP contribution >= 0.6 is 0 Å². The van der Waals surface area contributed by atoms with Crippen molar-refractivity contribution in [2.24, 2.45) is 0 Å². The molecule has 3 atom stereocenters. The number of benzene rings is 2. The molecule has 0 saturated carbocycles. The molecule has 0 radical (unpaired) electrons. The Bertz CT molecular complexity index is 914. The topological polar surface area (TPSA) is 55.4 Å². The van der Waals surface area contributed by atoms with Crippen LogP contribution in [0.15, 0.2) is 42.5 Å². The molecule has 8 heteroatoms. The van der Waals surface area contributed by atoms with Crippen molar-refractivity contribution in [2.45, 2.75) is 30.9 Å². The molecule has 1 aliphatic heterocycles. The van der Waals surface area contributed by atoms with E-state index in [-0.39, 0.29) is 5.56 Å². The van der Waals surface area contributed by atoms with E-state index in [0.29, 0.717) is 18.5 Å². The molecule has 0 bridgehead atoms. The van der Waals surface area contributed by atoms with Gasteiger partial charge in [-0.3, -0.25) is 4.18 Å². The Kier molecular flexibility index (Phi) is 5.88. The van der Waals surface area contributed by atoms with Crippen LogP contribution in [0, 0.1) is 17.5 Å². The Balaban J connectivity index is 2.18. The largest absolute Gasteiger partial charge is 0.311 e. The van der Waals surface area contributed by atoms with E-state index in [2.05, 4.69) is 5.32 Å². The molecule has 0 aliphatic carbocycles. The number of nitrogens with one attached hydrogen (secondary N) is 1. The highest BCUT2D eigenvalue weighted by Gasteiger charge is 2.38. The zero-order valence-corrected chi connectivity index (χ0v) is 15.5. The molecule has 2 unspecified atom stereocenters. The molecule has 1 aliphatic rings. The highest BCUT2D eigenvalue weighted by atomic mass is 32.2. The Hall–Kier alpha value is -1.90. The summed E-state index contributed by atoms with van der Waals surface area (Å²) in [5.74, 6) is -3.74. The summed E-state index contributed by atoms with van der Waals surface area (Å²) in [6.07, 6.45) is 1.23. The van der Waals surface area contributed by atoms with Crippen molar-refractivity contribution in [2.75, 3.05) is 12.8 Å². The summed E-state index contributed by atoms with van der Waals surface area (Å²) in [5, 5.41) is 3.15. The fraction of sp³-hybridized carbons (Fsp3) is 0.368. The predicted molar refractivity (Wildman–Crippen MR) is 95.3 cm³/mol. The summed E-state index contributed by atoms with van der Waals surface area (Å²) >= 11 is 0. The van der Waals surface area contributed by atoms with Gasteiger partial charge in [0.15, 0.2) is 11.6 Å². The van der Waals surface area contributed by atoms with Crippen LogP contribution in [0.1, 0.15) is 29.9 Å². The third-order valence-corrected chi connectivity index (χ3v) is 5.21. The first-order chi connectivity index (χ1) is 12.8. The van der Waals surface area contributed by atoms with Crippen molar-refractivity contribution in [3.63, 3.8) is 0 Å². The number of hydrogen-bond acceptors (Lipinski definition) is 4. The van der Waals surface area contributed by atoms with Gasteiger partial charge in [0.1, 0.15) is 11.9 Å². The van der Waals surface area contributed by atoms with Crippen LogP contribution in [0.4, 0.5) is 13.2 Å². The van der Waals surface area contributed by atoms with E-state index < -0.39 is 45.6 Å². The normalized spacial score (nSPS) is 19.8. The average molecular weight is 399 g/mol. The third kappa shape index (κ3) is 4.69. The minimum atomic E-state index is -3.90. The van der Waals surface area contributed by atoms with Gasteiger partial charge in [-0.05, 0) is 43.1 Å². The summed E-state index contributed by atoms with van der Waals surface area (Å²) in [5.41, 5.74) is 0.227. The quantitative estimate of drug-likeness (QED) is 0.757. The van der Waals surface area contributed by atoms with Gasteiger partial charge in [0.2, 0.25) is 0 Å². The van der Waals surface area contributed by atoms with E-state index in [0.717, 1.165) is 18.7 Å². The zero-order chi connectivity index (χ0) is 19.6. The van der Waals surface area contributed by atoms with Gasteiger partial charge in [0.25, 0.3) is 10.1 Å². The molecule has 0 amide bonds. The average Bonchev–Trinajstić information content (AvgIpc) is 3.11. The second-order valence-corrected chi connectivity index (χ2v) is 8.24. The smallest absolute Gasteiger partial charge is 0.264 e. The highest BCUT2D eigenvalue weighted by Crippen LogP contribution is 2.36. The summed E-state index contributed by atoms with van der Waals surface area (Å²) in [6.45, 7) is 0.649. The molecule has 4 nitrogen and oxygen atoms in total. The fourth-order valence-electron chi connectivity index (χ4n) is 3.56. The predicted octanol–water partition coefficient (Wildman–Crippen LogP) is 3.33. The summed E-state index contributed by atoms with van der Waals surface area (Å²) in [7, 11) is -3.90. The van der Waals surface area contributed by atoms with Gasteiger partial charge in [-0.1, -0.05) is 24.3 Å². The van der Waals surface area contributed by atoms with Gasteiger partial charge in [0, 0.05) is 17.5 Å². The lowest BCUT2D eigenvalue weighted by molar-refractivity contribution is 0.151. The van der Waals surface area contributed by atoms with Gasteiger partial charge in [-0.15, -0.1) is 0 Å². The Morgan fingerprint density at radius 1 is 1.15 bits per heavy atom. The van der Waals surface area contributed by atoms with Crippen molar-refractivity contribution < 1.29 is 25.8 Å². The van der Waals surface area contributed by atoms with E-state index in [1.54, 1.807) is 6.07 Å². The third-order valence-electron chi connectivity index (χ3n) is 4.63. The van der Waals surface area contributed by atoms with Crippen LogP contribution in [-0.4, -0.2) is 33.4 Å².